The topological polar surface area (TPSA) is 78.3 Å². The number of hydrogen-bond acceptors (Lipinski definition) is 5. The third-order valence-corrected chi connectivity index (χ3v) is 3.45. The van der Waals surface area contributed by atoms with Crippen molar-refractivity contribution in [1.82, 2.24) is 14.8 Å². The summed E-state index contributed by atoms with van der Waals surface area (Å²) in [5.41, 5.74) is 0.978. The van der Waals surface area contributed by atoms with Crippen molar-refractivity contribution >= 4 is 11.9 Å². The molecular weight excluding hydrogens is 284 g/mol. The Bertz CT molecular complexity index is 683. The number of anilines is 1. The molecule has 0 fully saturated rings. The van der Waals surface area contributed by atoms with Crippen LogP contribution in [0.25, 0.3) is 0 Å². The second-order valence-corrected chi connectivity index (χ2v) is 5.15. The Kier molecular flexibility index (Phi) is 3.95. The Morgan fingerprint density at radius 3 is 3.14 bits per heavy atom. The van der Waals surface area contributed by atoms with Gasteiger partial charge in [0, 0.05) is 7.05 Å². The van der Waals surface area contributed by atoms with Crippen molar-refractivity contribution < 1.29 is 14.3 Å². The van der Waals surface area contributed by atoms with Gasteiger partial charge < -0.3 is 9.47 Å². The van der Waals surface area contributed by atoms with E-state index < -0.39 is 0 Å². The number of rotatable bonds is 4. The van der Waals surface area contributed by atoms with Crippen LogP contribution >= 0.6 is 0 Å². The highest BCUT2D eigenvalue weighted by atomic mass is 16.5. The van der Waals surface area contributed by atoms with E-state index in [0.29, 0.717) is 25.6 Å². The molecule has 7 heteroatoms. The highest BCUT2D eigenvalue weighted by Crippen LogP contribution is 2.31. The van der Waals surface area contributed by atoms with Crippen LogP contribution in [0.15, 0.2) is 24.5 Å². The van der Waals surface area contributed by atoms with Gasteiger partial charge in [0.15, 0.2) is 0 Å². The fraction of sp³-hybridized carbons (Fsp3) is 0.400. The Morgan fingerprint density at radius 1 is 1.55 bits per heavy atom. The minimum Gasteiger partial charge on any atom is -0.494 e. The van der Waals surface area contributed by atoms with Crippen molar-refractivity contribution in [3.05, 3.63) is 30.1 Å². The van der Waals surface area contributed by atoms with Crippen molar-refractivity contribution in [3.63, 3.8) is 0 Å². The summed E-state index contributed by atoms with van der Waals surface area (Å²) in [6, 6.07) is 5.69. The third kappa shape index (κ3) is 3.03. The van der Waals surface area contributed by atoms with Crippen LogP contribution < -0.4 is 14.8 Å². The number of amides is 1. The average molecular weight is 302 g/mol. The molecule has 1 aromatic carbocycles. The zero-order valence-corrected chi connectivity index (χ0v) is 12.6. The molecule has 1 N–H and O–H groups in total. The van der Waals surface area contributed by atoms with Gasteiger partial charge in [-0.3, -0.25) is 14.8 Å². The first-order chi connectivity index (χ1) is 10.7. The Hall–Kier alpha value is -2.57. The summed E-state index contributed by atoms with van der Waals surface area (Å²) in [5.74, 6) is 1.49. The van der Waals surface area contributed by atoms with Crippen LogP contribution in [0.1, 0.15) is 12.5 Å². The van der Waals surface area contributed by atoms with E-state index in [2.05, 4.69) is 15.4 Å². The predicted molar refractivity (Wildman–Crippen MR) is 79.9 cm³/mol. The fourth-order valence-corrected chi connectivity index (χ4v) is 2.40. The third-order valence-electron chi connectivity index (χ3n) is 3.45. The molecule has 0 saturated carbocycles. The molecule has 1 unspecified atom stereocenters. The lowest BCUT2D eigenvalue weighted by atomic mass is 9.96. The maximum atomic E-state index is 12.3. The van der Waals surface area contributed by atoms with Crippen molar-refractivity contribution in [1.29, 1.82) is 0 Å². The van der Waals surface area contributed by atoms with Crippen LogP contribution in [0.5, 0.6) is 11.5 Å². The van der Waals surface area contributed by atoms with Crippen LogP contribution in [-0.2, 0) is 18.3 Å². The summed E-state index contributed by atoms with van der Waals surface area (Å²) in [4.78, 5) is 16.3. The quantitative estimate of drug-likeness (QED) is 0.923. The number of nitrogens with one attached hydrogen (secondary N) is 1. The summed E-state index contributed by atoms with van der Waals surface area (Å²) in [6.07, 6.45) is 2.14. The van der Waals surface area contributed by atoms with Gasteiger partial charge in [-0.1, -0.05) is 0 Å². The zero-order chi connectivity index (χ0) is 15.5. The first-order valence-electron chi connectivity index (χ1n) is 7.20. The number of benzene rings is 1. The number of carbonyl (C=O) groups is 1. The SMILES string of the molecule is CCOc1ccc2c(c1)CC(C(=O)Nc1ncn(C)n1)CO2. The van der Waals surface area contributed by atoms with Crippen LogP contribution in [0.2, 0.25) is 0 Å². The second kappa shape index (κ2) is 6.05. The molecule has 7 nitrogen and oxygen atoms in total. The van der Waals surface area contributed by atoms with Gasteiger partial charge in [-0.15, -0.1) is 5.10 Å². The van der Waals surface area contributed by atoms with Gasteiger partial charge in [-0.25, -0.2) is 4.98 Å². The molecule has 1 aromatic heterocycles. The standard InChI is InChI=1S/C15H18N4O3/c1-3-21-12-4-5-13-10(7-12)6-11(8-22-13)14(20)17-15-16-9-19(2)18-15/h4-5,7,9,11H,3,6,8H2,1-2H3,(H,17,18,20). The molecule has 1 amide bonds. The van der Waals surface area contributed by atoms with Gasteiger partial charge in [-0.05, 0) is 37.1 Å². The summed E-state index contributed by atoms with van der Waals surface area (Å²) >= 11 is 0. The molecule has 0 saturated heterocycles. The monoisotopic (exact) mass is 302 g/mol. The van der Waals surface area contributed by atoms with Crippen LogP contribution in [0.3, 0.4) is 0 Å². The van der Waals surface area contributed by atoms with Crippen molar-refractivity contribution in [2.24, 2.45) is 13.0 Å². The van der Waals surface area contributed by atoms with E-state index in [1.807, 2.05) is 25.1 Å². The van der Waals surface area contributed by atoms with E-state index in [9.17, 15) is 4.79 Å². The molecule has 2 aromatic rings. The molecule has 0 aliphatic carbocycles. The number of hydrogen-bond donors (Lipinski definition) is 1. The maximum Gasteiger partial charge on any atom is 0.248 e. The predicted octanol–water partition coefficient (Wildman–Crippen LogP) is 1.40. The Balaban J connectivity index is 1.69. The lowest BCUT2D eigenvalue weighted by Crippen LogP contribution is -2.33. The first-order valence-corrected chi connectivity index (χ1v) is 7.20. The minimum atomic E-state index is -0.270. The summed E-state index contributed by atoms with van der Waals surface area (Å²) in [6.45, 7) is 2.89. The Morgan fingerprint density at radius 2 is 2.41 bits per heavy atom. The van der Waals surface area contributed by atoms with Gasteiger partial charge in [-0.2, -0.15) is 0 Å². The molecule has 0 radical (unpaired) electrons. The molecule has 22 heavy (non-hydrogen) atoms. The summed E-state index contributed by atoms with van der Waals surface area (Å²) in [7, 11) is 1.75. The molecule has 1 atom stereocenters. The number of nitrogens with zero attached hydrogens (tertiary/aromatic N) is 3. The van der Waals surface area contributed by atoms with Crippen LogP contribution in [0.4, 0.5) is 5.95 Å². The second-order valence-electron chi connectivity index (χ2n) is 5.15. The lowest BCUT2D eigenvalue weighted by Gasteiger charge is -2.24. The molecular formula is C15H18N4O3. The van der Waals surface area contributed by atoms with Gasteiger partial charge >= 0.3 is 0 Å². The molecule has 0 spiro atoms. The molecule has 3 rings (SSSR count). The van der Waals surface area contributed by atoms with E-state index in [1.54, 1.807) is 7.05 Å². The molecule has 0 bridgehead atoms. The molecule has 1 aliphatic heterocycles. The number of ether oxygens (including phenoxy) is 2. The summed E-state index contributed by atoms with van der Waals surface area (Å²) in [5, 5.41) is 6.75. The van der Waals surface area contributed by atoms with E-state index >= 15 is 0 Å². The Labute approximate surface area is 128 Å². The van der Waals surface area contributed by atoms with Gasteiger partial charge in [0.05, 0.1) is 12.5 Å². The van der Waals surface area contributed by atoms with Crippen molar-refractivity contribution in [2.45, 2.75) is 13.3 Å². The molecule has 2 heterocycles. The normalized spacial score (nSPS) is 16.5. The van der Waals surface area contributed by atoms with Crippen LogP contribution in [0, 0.1) is 5.92 Å². The molecule has 1 aliphatic rings. The number of aryl methyl sites for hydroxylation is 1. The average Bonchev–Trinajstić information content (AvgIpc) is 2.92. The molecule has 116 valence electrons. The van der Waals surface area contributed by atoms with Crippen LogP contribution in [-0.4, -0.2) is 33.9 Å². The number of fused-ring (bicyclic) bond motifs is 1. The number of carbonyl (C=O) groups excluding carboxylic acids is 1. The fourth-order valence-electron chi connectivity index (χ4n) is 2.40. The van der Waals surface area contributed by atoms with E-state index in [4.69, 9.17) is 9.47 Å². The number of aromatic nitrogens is 3. The van der Waals surface area contributed by atoms with E-state index in [0.717, 1.165) is 17.1 Å². The zero-order valence-electron chi connectivity index (χ0n) is 12.6. The van der Waals surface area contributed by atoms with Crippen molar-refractivity contribution in [3.8, 4) is 11.5 Å². The highest BCUT2D eigenvalue weighted by Gasteiger charge is 2.27. The lowest BCUT2D eigenvalue weighted by molar-refractivity contribution is -0.121. The van der Waals surface area contributed by atoms with Crippen molar-refractivity contribution in [2.75, 3.05) is 18.5 Å². The van der Waals surface area contributed by atoms with E-state index in [1.165, 1.54) is 11.0 Å². The van der Waals surface area contributed by atoms with Gasteiger partial charge in [0.25, 0.3) is 0 Å². The minimum absolute atomic E-state index is 0.140. The highest BCUT2D eigenvalue weighted by molar-refractivity contribution is 5.91. The van der Waals surface area contributed by atoms with Gasteiger partial charge in [0.1, 0.15) is 24.4 Å². The summed E-state index contributed by atoms with van der Waals surface area (Å²) < 4.78 is 12.7. The van der Waals surface area contributed by atoms with Gasteiger partial charge in [0.2, 0.25) is 11.9 Å². The van der Waals surface area contributed by atoms with E-state index in [-0.39, 0.29) is 11.8 Å². The maximum absolute atomic E-state index is 12.3. The largest absolute Gasteiger partial charge is 0.494 e. The smallest absolute Gasteiger partial charge is 0.248 e. The first kappa shape index (κ1) is 14.4.